The van der Waals surface area contributed by atoms with Crippen molar-refractivity contribution < 1.29 is 4.39 Å². The van der Waals surface area contributed by atoms with Crippen LogP contribution < -0.4 is 0 Å². The molecule has 0 saturated heterocycles. The zero-order valence-corrected chi connectivity index (χ0v) is 10.7. The number of aromatic nitrogens is 1. The molecule has 2 aromatic rings. The molecule has 2 rings (SSSR count). The SMILES string of the molecule is CN(Cc1cscn1)Cc1ccc(C#N)cc1F. The number of hydrogen-bond acceptors (Lipinski definition) is 4. The van der Waals surface area contributed by atoms with Crippen molar-refractivity contribution in [2.75, 3.05) is 7.05 Å². The van der Waals surface area contributed by atoms with Gasteiger partial charge < -0.3 is 0 Å². The highest BCUT2D eigenvalue weighted by molar-refractivity contribution is 7.07. The molecule has 0 amide bonds. The molecular formula is C13H12FN3S. The van der Waals surface area contributed by atoms with Crippen LogP contribution in [0.25, 0.3) is 0 Å². The second kappa shape index (κ2) is 5.71. The summed E-state index contributed by atoms with van der Waals surface area (Å²) in [5.41, 5.74) is 3.70. The average Bonchev–Trinajstić information content (AvgIpc) is 2.84. The maximum atomic E-state index is 13.7. The number of nitrogens with zero attached hydrogens (tertiary/aromatic N) is 3. The van der Waals surface area contributed by atoms with E-state index in [4.69, 9.17) is 5.26 Å². The molecule has 0 aliphatic carbocycles. The lowest BCUT2D eigenvalue weighted by molar-refractivity contribution is 0.310. The number of nitriles is 1. The zero-order chi connectivity index (χ0) is 13.0. The molecule has 0 spiro atoms. The Morgan fingerprint density at radius 1 is 1.44 bits per heavy atom. The fourth-order valence-electron chi connectivity index (χ4n) is 1.68. The van der Waals surface area contributed by atoms with Crippen LogP contribution in [0.4, 0.5) is 4.39 Å². The molecule has 0 aliphatic heterocycles. The van der Waals surface area contributed by atoms with Gasteiger partial charge in [0, 0.05) is 24.0 Å². The Labute approximate surface area is 109 Å². The third-order valence-corrected chi connectivity index (χ3v) is 3.17. The average molecular weight is 261 g/mol. The van der Waals surface area contributed by atoms with Crippen LogP contribution in [-0.2, 0) is 13.1 Å². The van der Waals surface area contributed by atoms with Crippen LogP contribution in [0.15, 0.2) is 29.1 Å². The summed E-state index contributed by atoms with van der Waals surface area (Å²) in [6.07, 6.45) is 0. The minimum absolute atomic E-state index is 0.334. The van der Waals surface area contributed by atoms with E-state index in [2.05, 4.69) is 4.98 Å². The lowest BCUT2D eigenvalue weighted by atomic mass is 10.1. The van der Waals surface area contributed by atoms with Gasteiger partial charge >= 0.3 is 0 Å². The normalized spacial score (nSPS) is 10.6. The van der Waals surface area contributed by atoms with Crippen molar-refractivity contribution >= 4 is 11.3 Å². The highest BCUT2D eigenvalue weighted by Crippen LogP contribution is 2.13. The molecular weight excluding hydrogens is 249 g/mol. The van der Waals surface area contributed by atoms with E-state index in [0.29, 0.717) is 24.2 Å². The quantitative estimate of drug-likeness (QED) is 0.849. The van der Waals surface area contributed by atoms with E-state index in [-0.39, 0.29) is 5.82 Å². The van der Waals surface area contributed by atoms with Crippen molar-refractivity contribution in [1.29, 1.82) is 5.26 Å². The van der Waals surface area contributed by atoms with Crippen molar-refractivity contribution in [3.8, 4) is 6.07 Å². The standard InChI is InChI=1S/C13H12FN3S/c1-17(7-12-8-18-9-16-12)6-11-3-2-10(5-15)4-13(11)14/h2-4,8-9H,6-7H2,1H3. The van der Waals surface area contributed by atoms with Crippen molar-refractivity contribution in [2.24, 2.45) is 0 Å². The molecule has 0 aliphatic rings. The van der Waals surface area contributed by atoms with Crippen molar-refractivity contribution in [2.45, 2.75) is 13.1 Å². The van der Waals surface area contributed by atoms with Crippen LogP contribution >= 0.6 is 11.3 Å². The van der Waals surface area contributed by atoms with Gasteiger partial charge in [-0.05, 0) is 19.2 Å². The Hall–Kier alpha value is -1.77. The highest BCUT2D eigenvalue weighted by Gasteiger charge is 2.08. The van der Waals surface area contributed by atoms with E-state index >= 15 is 0 Å². The van der Waals surface area contributed by atoms with Gasteiger partial charge in [-0.15, -0.1) is 11.3 Å². The van der Waals surface area contributed by atoms with Gasteiger partial charge in [0.15, 0.2) is 0 Å². The summed E-state index contributed by atoms with van der Waals surface area (Å²) in [7, 11) is 1.91. The molecule has 0 fully saturated rings. The molecule has 0 radical (unpaired) electrons. The van der Waals surface area contributed by atoms with Crippen LogP contribution in [-0.4, -0.2) is 16.9 Å². The number of halogens is 1. The van der Waals surface area contributed by atoms with Crippen LogP contribution in [0.1, 0.15) is 16.8 Å². The molecule has 3 nitrogen and oxygen atoms in total. The van der Waals surface area contributed by atoms with Gasteiger partial charge in [-0.2, -0.15) is 5.26 Å². The van der Waals surface area contributed by atoms with Gasteiger partial charge in [-0.1, -0.05) is 6.07 Å². The fraction of sp³-hybridized carbons (Fsp3) is 0.231. The van der Waals surface area contributed by atoms with Gasteiger partial charge in [0.05, 0.1) is 22.8 Å². The summed E-state index contributed by atoms with van der Waals surface area (Å²) in [5, 5.41) is 10.6. The summed E-state index contributed by atoms with van der Waals surface area (Å²) < 4.78 is 13.7. The largest absolute Gasteiger partial charge is 0.296 e. The van der Waals surface area contributed by atoms with E-state index in [9.17, 15) is 4.39 Å². The Kier molecular flexibility index (Phi) is 4.03. The summed E-state index contributed by atoms with van der Waals surface area (Å²) in [6, 6.07) is 6.48. The molecule has 5 heteroatoms. The first-order valence-corrected chi connectivity index (χ1v) is 6.37. The van der Waals surface area contributed by atoms with E-state index < -0.39 is 0 Å². The van der Waals surface area contributed by atoms with Gasteiger partial charge in [0.25, 0.3) is 0 Å². The molecule has 0 bridgehead atoms. The van der Waals surface area contributed by atoms with Crippen LogP contribution in [0.2, 0.25) is 0 Å². The van der Waals surface area contributed by atoms with Crippen molar-refractivity contribution in [3.63, 3.8) is 0 Å². The fourth-order valence-corrected chi connectivity index (χ4v) is 2.23. The predicted octanol–water partition coefficient (Wildman–Crippen LogP) is 2.79. The van der Waals surface area contributed by atoms with E-state index in [0.717, 1.165) is 5.69 Å². The molecule has 18 heavy (non-hydrogen) atoms. The summed E-state index contributed by atoms with van der Waals surface area (Å²) in [6.45, 7) is 1.18. The van der Waals surface area contributed by atoms with E-state index in [1.807, 2.05) is 23.4 Å². The second-order valence-electron chi connectivity index (χ2n) is 4.07. The topological polar surface area (TPSA) is 39.9 Å². The minimum Gasteiger partial charge on any atom is -0.296 e. The Morgan fingerprint density at radius 2 is 2.28 bits per heavy atom. The molecule has 0 N–H and O–H groups in total. The van der Waals surface area contributed by atoms with Crippen LogP contribution in [0.3, 0.4) is 0 Å². The first kappa shape index (κ1) is 12.7. The van der Waals surface area contributed by atoms with Gasteiger partial charge in [0.1, 0.15) is 5.82 Å². The molecule has 92 valence electrons. The third kappa shape index (κ3) is 3.13. The molecule has 0 atom stereocenters. The van der Waals surface area contributed by atoms with E-state index in [1.54, 1.807) is 29.0 Å². The first-order valence-electron chi connectivity index (χ1n) is 5.43. The number of thiazole rings is 1. The second-order valence-corrected chi connectivity index (χ2v) is 4.79. The van der Waals surface area contributed by atoms with Crippen molar-refractivity contribution in [1.82, 2.24) is 9.88 Å². The molecule has 0 saturated carbocycles. The lowest BCUT2D eigenvalue weighted by Gasteiger charge is -2.15. The van der Waals surface area contributed by atoms with Gasteiger partial charge in [-0.25, -0.2) is 9.37 Å². The smallest absolute Gasteiger partial charge is 0.129 e. The molecule has 1 aromatic carbocycles. The number of benzene rings is 1. The number of rotatable bonds is 4. The minimum atomic E-state index is -0.334. The third-order valence-electron chi connectivity index (χ3n) is 2.54. The highest BCUT2D eigenvalue weighted by atomic mass is 32.1. The zero-order valence-electron chi connectivity index (χ0n) is 9.93. The Morgan fingerprint density at radius 3 is 2.89 bits per heavy atom. The Bertz CT molecular complexity index is 560. The predicted molar refractivity (Wildman–Crippen MR) is 68.4 cm³/mol. The maximum Gasteiger partial charge on any atom is 0.129 e. The van der Waals surface area contributed by atoms with Crippen LogP contribution in [0.5, 0.6) is 0 Å². The summed E-state index contributed by atoms with van der Waals surface area (Å²) in [5.74, 6) is -0.334. The molecule has 0 unspecified atom stereocenters. The first-order chi connectivity index (χ1) is 8.69. The Balaban J connectivity index is 2.03. The van der Waals surface area contributed by atoms with Gasteiger partial charge in [-0.3, -0.25) is 4.90 Å². The maximum absolute atomic E-state index is 13.7. The van der Waals surface area contributed by atoms with Crippen LogP contribution in [0, 0.1) is 17.1 Å². The number of hydrogen-bond donors (Lipinski definition) is 0. The summed E-state index contributed by atoms with van der Waals surface area (Å²) in [4.78, 5) is 6.17. The van der Waals surface area contributed by atoms with Gasteiger partial charge in [0.2, 0.25) is 0 Å². The van der Waals surface area contributed by atoms with E-state index in [1.165, 1.54) is 6.07 Å². The van der Waals surface area contributed by atoms with Crippen molar-refractivity contribution in [3.05, 3.63) is 51.7 Å². The molecule has 1 heterocycles. The lowest BCUT2D eigenvalue weighted by Crippen LogP contribution is -2.18. The summed E-state index contributed by atoms with van der Waals surface area (Å²) >= 11 is 1.55. The monoisotopic (exact) mass is 261 g/mol. The molecule has 1 aromatic heterocycles.